The average Bonchev–Trinajstić information content (AvgIpc) is 2.61. The average molecular weight is 325 g/mol. The molecule has 1 aliphatic heterocycles. The third-order valence-corrected chi connectivity index (χ3v) is 4.29. The van der Waals surface area contributed by atoms with Crippen molar-refractivity contribution in [3.8, 4) is 0 Å². The van der Waals surface area contributed by atoms with Crippen LogP contribution in [0.2, 0.25) is 0 Å². The smallest absolute Gasteiger partial charge is 0.312 e. The summed E-state index contributed by atoms with van der Waals surface area (Å²) < 4.78 is 5.06. The largest absolute Gasteiger partial charge is 0.481 e. The van der Waals surface area contributed by atoms with Crippen LogP contribution in [0.4, 0.5) is 0 Å². The molecule has 1 atom stereocenters. The zero-order valence-electron chi connectivity index (χ0n) is 13.4. The van der Waals surface area contributed by atoms with Crippen molar-refractivity contribution in [3.05, 3.63) is 70.8 Å². The number of aliphatic carboxylic acids is 1. The van der Waals surface area contributed by atoms with E-state index >= 15 is 0 Å². The molecule has 2 aromatic rings. The van der Waals surface area contributed by atoms with E-state index in [0.717, 1.165) is 16.7 Å². The van der Waals surface area contributed by atoms with Gasteiger partial charge in [0.15, 0.2) is 0 Å². The molecule has 0 saturated heterocycles. The Morgan fingerprint density at radius 1 is 1.17 bits per heavy atom. The molecule has 3 rings (SSSR count). The minimum Gasteiger partial charge on any atom is -0.481 e. The van der Waals surface area contributed by atoms with Crippen LogP contribution in [0.1, 0.15) is 33.0 Å². The highest BCUT2D eigenvalue weighted by molar-refractivity contribution is 5.95. The third kappa shape index (κ3) is 3.16. The molecule has 124 valence electrons. The van der Waals surface area contributed by atoms with Gasteiger partial charge < -0.3 is 14.7 Å². The van der Waals surface area contributed by atoms with Gasteiger partial charge in [-0.15, -0.1) is 0 Å². The van der Waals surface area contributed by atoms with Crippen molar-refractivity contribution in [2.24, 2.45) is 0 Å². The number of carboxylic acid groups (broad SMARTS) is 1. The van der Waals surface area contributed by atoms with Crippen LogP contribution in [-0.4, -0.2) is 35.5 Å². The van der Waals surface area contributed by atoms with Crippen molar-refractivity contribution in [3.63, 3.8) is 0 Å². The number of hydrogen-bond donors (Lipinski definition) is 1. The van der Waals surface area contributed by atoms with Crippen LogP contribution in [0.15, 0.2) is 48.5 Å². The Bertz CT molecular complexity index is 754. The third-order valence-electron chi connectivity index (χ3n) is 4.29. The summed E-state index contributed by atoms with van der Waals surface area (Å²) in [6.45, 7) is 1.11. The Morgan fingerprint density at radius 2 is 1.88 bits per heavy atom. The van der Waals surface area contributed by atoms with Gasteiger partial charge in [0.2, 0.25) is 0 Å². The first-order valence-corrected chi connectivity index (χ1v) is 7.78. The Kier molecular flexibility index (Phi) is 4.62. The lowest BCUT2D eigenvalue weighted by Gasteiger charge is -2.33. The van der Waals surface area contributed by atoms with Crippen LogP contribution in [0, 0.1) is 0 Å². The monoisotopic (exact) mass is 325 g/mol. The van der Waals surface area contributed by atoms with Gasteiger partial charge >= 0.3 is 5.97 Å². The van der Waals surface area contributed by atoms with Gasteiger partial charge in [0.1, 0.15) is 0 Å². The number of methoxy groups -OCH3 is 1. The number of amides is 1. The molecule has 1 aliphatic rings. The van der Waals surface area contributed by atoms with Gasteiger partial charge in [-0.05, 0) is 28.8 Å². The van der Waals surface area contributed by atoms with Gasteiger partial charge in [0.25, 0.3) is 5.91 Å². The minimum absolute atomic E-state index is 0.153. The maximum atomic E-state index is 12.7. The zero-order valence-corrected chi connectivity index (χ0v) is 13.4. The topological polar surface area (TPSA) is 66.8 Å². The lowest BCUT2D eigenvalue weighted by Crippen LogP contribution is -2.40. The van der Waals surface area contributed by atoms with Crippen LogP contribution < -0.4 is 0 Å². The van der Waals surface area contributed by atoms with E-state index in [1.165, 1.54) is 0 Å². The van der Waals surface area contributed by atoms with E-state index in [0.29, 0.717) is 18.7 Å². The molecule has 1 heterocycles. The highest BCUT2D eigenvalue weighted by atomic mass is 16.5. The van der Waals surface area contributed by atoms with E-state index in [-0.39, 0.29) is 12.5 Å². The van der Waals surface area contributed by atoms with Gasteiger partial charge in [-0.3, -0.25) is 9.59 Å². The standard InChI is InChI=1S/C19H19NO4/c1-24-12-13-6-8-14(9-7-13)18(21)20-10-15-4-2-3-5-16(15)17(11-20)19(22)23/h2-9,17H,10-12H2,1H3,(H,22,23)/t17-/m1/s1. The lowest BCUT2D eigenvalue weighted by atomic mass is 9.89. The van der Waals surface area contributed by atoms with E-state index in [9.17, 15) is 14.7 Å². The summed E-state index contributed by atoms with van der Waals surface area (Å²) in [5, 5.41) is 9.50. The fourth-order valence-corrected chi connectivity index (χ4v) is 3.07. The molecule has 5 heteroatoms. The SMILES string of the molecule is COCc1ccc(C(=O)N2Cc3ccccc3[C@H](C(=O)O)C2)cc1. The molecule has 0 fully saturated rings. The van der Waals surface area contributed by atoms with Crippen molar-refractivity contribution in [1.82, 2.24) is 4.90 Å². The molecule has 24 heavy (non-hydrogen) atoms. The first kappa shape index (κ1) is 16.2. The van der Waals surface area contributed by atoms with Crippen molar-refractivity contribution in [1.29, 1.82) is 0 Å². The summed E-state index contributed by atoms with van der Waals surface area (Å²) in [5.41, 5.74) is 3.23. The van der Waals surface area contributed by atoms with E-state index in [4.69, 9.17) is 4.74 Å². The number of benzene rings is 2. The number of carboxylic acids is 1. The Hall–Kier alpha value is -2.66. The second kappa shape index (κ2) is 6.84. The van der Waals surface area contributed by atoms with Crippen LogP contribution in [0.3, 0.4) is 0 Å². The summed E-state index contributed by atoms with van der Waals surface area (Å²) in [6.07, 6.45) is 0. The summed E-state index contributed by atoms with van der Waals surface area (Å²) in [6, 6.07) is 14.6. The summed E-state index contributed by atoms with van der Waals surface area (Å²) in [4.78, 5) is 25.9. The van der Waals surface area contributed by atoms with Gasteiger partial charge in [-0.1, -0.05) is 36.4 Å². The van der Waals surface area contributed by atoms with Gasteiger partial charge in [0.05, 0.1) is 12.5 Å². The normalized spacial score (nSPS) is 16.5. The molecule has 0 aromatic heterocycles. The van der Waals surface area contributed by atoms with Gasteiger partial charge in [-0.2, -0.15) is 0 Å². The first-order valence-electron chi connectivity index (χ1n) is 7.78. The summed E-state index contributed by atoms with van der Waals surface area (Å²) in [7, 11) is 1.62. The Balaban J connectivity index is 1.84. The molecule has 1 amide bonds. The summed E-state index contributed by atoms with van der Waals surface area (Å²) in [5.74, 6) is -1.75. The molecule has 0 saturated carbocycles. The molecule has 0 bridgehead atoms. The predicted octanol–water partition coefficient (Wildman–Crippen LogP) is 2.66. The number of carbonyl (C=O) groups excluding carboxylic acids is 1. The number of rotatable bonds is 4. The fraction of sp³-hybridized carbons (Fsp3) is 0.263. The van der Waals surface area contributed by atoms with Crippen LogP contribution in [0.25, 0.3) is 0 Å². The van der Waals surface area contributed by atoms with E-state index in [2.05, 4.69) is 0 Å². The van der Waals surface area contributed by atoms with Gasteiger partial charge in [0, 0.05) is 25.8 Å². The van der Waals surface area contributed by atoms with Gasteiger partial charge in [-0.25, -0.2) is 0 Å². The molecule has 0 radical (unpaired) electrons. The molecular formula is C19H19NO4. The number of fused-ring (bicyclic) bond motifs is 1. The Morgan fingerprint density at radius 3 is 2.54 bits per heavy atom. The van der Waals surface area contributed by atoms with E-state index < -0.39 is 11.9 Å². The lowest BCUT2D eigenvalue weighted by molar-refractivity contribution is -0.139. The quantitative estimate of drug-likeness (QED) is 0.938. The second-order valence-electron chi connectivity index (χ2n) is 5.91. The fourth-order valence-electron chi connectivity index (χ4n) is 3.07. The number of carbonyl (C=O) groups is 2. The highest BCUT2D eigenvalue weighted by Crippen LogP contribution is 2.29. The molecule has 0 aliphatic carbocycles. The maximum absolute atomic E-state index is 12.7. The molecule has 0 spiro atoms. The van der Waals surface area contributed by atoms with Crippen molar-refractivity contribution < 1.29 is 19.4 Å². The number of ether oxygens (including phenoxy) is 1. The van der Waals surface area contributed by atoms with E-state index in [1.807, 2.05) is 36.4 Å². The van der Waals surface area contributed by atoms with Crippen molar-refractivity contribution >= 4 is 11.9 Å². The minimum atomic E-state index is -0.907. The molecule has 1 N–H and O–H groups in total. The van der Waals surface area contributed by atoms with Crippen LogP contribution >= 0.6 is 0 Å². The molecule has 2 aromatic carbocycles. The maximum Gasteiger partial charge on any atom is 0.312 e. The molecule has 5 nitrogen and oxygen atoms in total. The van der Waals surface area contributed by atoms with Crippen molar-refractivity contribution in [2.45, 2.75) is 19.1 Å². The van der Waals surface area contributed by atoms with Crippen LogP contribution in [0.5, 0.6) is 0 Å². The Labute approximate surface area is 140 Å². The first-order chi connectivity index (χ1) is 11.6. The second-order valence-corrected chi connectivity index (χ2v) is 5.91. The number of nitrogens with zero attached hydrogens (tertiary/aromatic N) is 1. The highest BCUT2D eigenvalue weighted by Gasteiger charge is 2.32. The molecule has 0 unspecified atom stereocenters. The zero-order chi connectivity index (χ0) is 17.1. The predicted molar refractivity (Wildman–Crippen MR) is 88.7 cm³/mol. The van der Waals surface area contributed by atoms with Crippen LogP contribution in [-0.2, 0) is 22.7 Å². The molecular weight excluding hydrogens is 306 g/mol. The van der Waals surface area contributed by atoms with Crippen molar-refractivity contribution in [2.75, 3.05) is 13.7 Å². The van der Waals surface area contributed by atoms with E-state index in [1.54, 1.807) is 24.1 Å². The summed E-state index contributed by atoms with van der Waals surface area (Å²) >= 11 is 0. The number of hydrogen-bond acceptors (Lipinski definition) is 3.